The van der Waals surface area contributed by atoms with Gasteiger partial charge in [-0.3, -0.25) is 0 Å². The van der Waals surface area contributed by atoms with Gasteiger partial charge < -0.3 is 9.30 Å². The molecule has 0 fully saturated rings. The summed E-state index contributed by atoms with van der Waals surface area (Å²) in [4.78, 5) is 4.30. The first kappa shape index (κ1) is 9.26. The SMILES string of the molecule is CCOCCn1cc(C)nc1C. The summed E-state index contributed by atoms with van der Waals surface area (Å²) in [5, 5.41) is 0. The number of aromatic nitrogens is 2. The third-order valence-corrected chi connectivity index (χ3v) is 1.78. The van der Waals surface area contributed by atoms with Gasteiger partial charge in [-0.1, -0.05) is 0 Å². The van der Waals surface area contributed by atoms with Gasteiger partial charge in [-0.2, -0.15) is 0 Å². The van der Waals surface area contributed by atoms with Crippen molar-refractivity contribution in [2.24, 2.45) is 0 Å². The summed E-state index contributed by atoms with van der Waals surface area (Å²) in [5.41, 5.74) is 1.07. The summed E-state index contributed by atoms with van der Waals surface area (Å²) in [7, 11) is 0. The summed E-state index contributed by atoms with van der Waals surface area (Å²) in [6.45, 7) is 8.48. The predicted octanol–water partition coefficient (Wildman–Crippen LogP) is 1.54. The van der Waals surface area contributed by atoms with Gasteiger partial charge in [0.05, 0.1) is 12.3 Å². The molecular formula is C9H16N2O. The first-order chi connectivity index (χ1) is 5.74. The van der Waals surface area contributed by atoms with Crippen molar-refractivity contribution in [2.75, 3.05) is 13.2 Å². The molecule has 1 aromatic heterocycles. The zero-order valence-electron chi connectivity index (χ0n) is 8.00. The maximum Gasteiger partial charge on any atom is 0.105 e. The zero-order valence-corrected chi connectivity index (χ0v) is 8.00. The van der Waals surface area contributed by atoms with Crippen LogP contribution in [0.5, 0.6) is 0 Å². The highest BCUT2D eigenvalue weighted by Gasteiger charge is 1.98. The first-order valence-electron chi connectivity index (χ1n) is 4.32. The van der Waals surface area contributed by atoms with E-state index in [9.17, 15) is 0 Å². The molecule has 12 heavy (non-hydrogen) atoms. The Labute approximate surface area is 73.4 Å². The minimum Gasteiger partial charge on any atom is -0.380 e. The summed E-state index contributed by atoms with van der Waals surface area (Å²) in [6.07, 6.45) is 2.05. The quantitative estimate of drug-likeness (QED) is 0.637. The van der Waals surface area contributed by atoms with Crippen molar-refractivity contribution < 1.29 is 4.74 Å². The fourth-order valence-electron chi connectivity index (χ4n) is 1.20. The lowest BCUT2D eigenvalue weighted by Gasteiger charge is -2.03. The van der Waals surface area contributed by atoms with Crippen LogP contribution < -0.4 is 0 Å². The highest BCUT2D eigenvalue weighted by molar-refractivity contribution is 4.99. The van der Waals surface area contributed by atoms with Crippen LogP contribution in [-0.4, -0.2) is 22.8 Å². The van der Waals surface area contributed by atoms with E-state index in [1.54, 1.807) is 0 Å². The molecule has 1 heterocycles. The van der Waals surface area contributed by atoms with Crippen molar-refractivity contribution in [1.29, 1.82) is 0 Å². The van der Waals surface area contributed by atoms with E-state index in [4.69, 9.17) is 4.74 Å². The van der Waals surface area contributed by atoms with Crippen molar-refractivity contribution in [3.63, 3.8) is 0 Å². The van der Waals surface area contributed by atoms with Crippen molar-refractivity contribution in [3.8, 4) is 0 Å². The number of nitrogens with zero attached hydrogens (tertiary/aromatic N) is 2. The number of imidazole rings is 1. The Hall–Kier alpha value is -0.830. The van der Waals surface area contributed by atoms with E-state index >= 15 is 0 Å². The van der Waals surface area contributed by atoms with Crippen molar-refractivity contribution in [3.05, 3.63) is 17.7 Å². The molecule has 3 heteroatoms. The van der Waals surface area contributed by atoms with Crippen LogP contribution in [0.15, 0.2) is 6.20 Å². The molecule has 0 bridgehead atoms. The molecule has 0 aliphatic heterocycles. The van der Waals surface area contributed by atoms with Gasteiger partial charge in [-0.05, 0) is 20.8 Å². The van der Waals surface area contributed by atoms with Gasteiger partial charge in [0.25, 0.3) is 0 Å². The molecule has 3 nitrogen and oxygen atoms in total. The van der Waals surface area contributed by atoms with Gasteiger partial charge in [0.15, 0.2) is 0 Å². The molecule has 0 aliphatic rings. The van der Waals surface area contributed by atoms with Crippen LogP contribution in [0.3, 0.4) is 0 Å². The minimum absolute atomic E-state index is 0.771. The standard InChI is InChI=1S/C9H16N2O/c1-4-12-6-5-11-7-8(2)10-9(11)3/h7H,4-6H2,1-3H3. The molecule has 0 unspecified atom stereocenters. The second-order valence-corrected chi connectivity index (χ2v) is 2.82. The lowest BCUT2D eigenvalue weighted by Crippen LogP contribution is -2.06. The van der Waals surface area contributed by atoms with Crippen LogP contribution >= 0.6 is 0 Å². The van der Waals surface area contributed by atoms with E-state index in [1.807, 2.05) is 27.0 Å². The van der Waals surface area contributed by atoms with E-state index in [0.717, 1.165) is 31.3 Å². The number of hydrogen-bond donors (Lipinski definition) is 0. The molecule has 0 N–H and O–H groups in total. The topological polar surface area (TPSA) is 27.1 Å². The van der Waals surface area contributed by atoms with Gasteiger partial charge in [0.2, 0.25) is 0 Å². The number of rotatable bonds is 4. The van der Waals surface area contributed by atoms with Gasteiger partial charge in [-0.25, -0.2) is 4.98 Å². The van der Waals surface area contributed by atoms with Crippen LogP contribution in [0.25, 0.3) is 0 Å². The molecule has 0 saturated carbocycles. The minimum atomic E-state index is 0.771. The monoisotopic (exact) mass is 168 g/mol. The van der Waals surface area contributed by atoms with E-state index in [0.29, 0.717) is 0 Å². The Morgan fingerprint density at radius 3 is 2.75 bits per heavy atom. The largest absolute Gasteiger partial charge is 0.380 e. The third kappa shape index (κ3) is 2.34. The highest BCUT2D eigenvalue weighted by atomic mass is 16.5. The summed E-state index contributed by atoms with van der Waals surface area (Å²) < 4.78 is 7.37. The van der Waals surface area contributed by atoms with Gasteiger partial charge in [0.1, 0.15) is 5.82 Å². The van der Waals surface area contributed by atoms with E-state index in [1.165, 1.54) is 0 Å². The lowest BCUT2D eigenvalue weighted by atomic mass is 10.5. The predicted molar refractivity (Wildman–Crippen MR) is 48.2 cm³/mol. The molecule has 0 atom stereocenters. The molecule has 0 spiro atoms. The molecule has 0 radical (unpaired) electrons. The maximum atomic E-state index is 5.25. The average Bonchev–Trinajstić information content (AvgIpc) is 2.31. The second kappa shape index (κ2) is 4.26. The molecule has 0 amide bonds. The number of aryl methyl sites for hydroxylation is 2. The molecule has 0 aliphatic carbocycles. The molecular weight excluding hydrogens is 152 g/mol. The molecule has 0 aromatic carbocycles. The number of hydrogen-bond acceptors (Lipinski definition) is 2. The summed E-state index contributed by atoms with van der Waals surface area (Å²) in [5.74, 6) is 1.06. The van der Waals surface area contributed by atoms with Gasteiger partial charge >= 0.3 is 0 Å². The Balaban J connectivity index is 2.45. The second-order valence-electron chi connectivity index (χ2n) is 2.82. The Morgan fingerprint density at radius 2 is 2.25 bits per heavy atom. The van der Waals surface area contributed by atoms with E-state index in [2.05, 4.69) is 9.55 Å². The third-order valence-electron chi connectivity index (χ3n) is 1.78. The van der Waals surface area contributed by atoms with E-state index < -0.39 is 0 Å². The fourth-order valence-corrected chi connectivity index (χ4v) is 1.20. The summed E-state index contributed by atoms with van der Waals surface area (Å²) in [6, 6.07) is 0. The van der Waals surface area contributed by atoms with Crippen molar-refractivity contribution >= 4 is 0 Å². The smallest absolute Gasteiger partial charge is 0.105 e. The van der Waals surface area contributed by atoms with Crippen LogP contribution in [-0.2, 0) is 11.3 Å². The van der Waals surface area contributed by atoms with Crippen LogP contribution in [0.1, 0.15) is 18.4 Å². The summed E-state index contributed by atoms with van der Waals surface area (Å²) >= 11 is 0. The van der Waals surface area contributed by atoms with Crippen LogP contribution in [0, 0.1) is 13.8 Å². The van der Waals surface area contributed by atoms with E-state index in [-0.39, 0.29) is 0 Å². The Kier molecular flexibility index (Phi) is 3.29. The molecule has 1 aromatic rings. The molecule has 1 rings (SSSR count). The average molecular weight is 168 g/mol. The van der Waals surface area contributed by atoms with Gasteiger partial charge in [-0.15, -0.1) is 0 Å². The molecule has 68 valence electrons. The maximum absolute atomic E-state index is 5.25. The zero-order chi connectivity index (χ0) is 8.97. The fraction of sp³-hybridized carbons (Fsp3) is 0.667. The first-order valence-corrected chi connectivity index (χ1v) is 4.32. The lowest BCUT2D eigenvalue weighted by molar-refractivity contribution is 0.138. The normalized spacial score (nSPS) is 10.6. The molecule has 0 saturated heterocycles. The Bertz CT molecular complexity index is 243. The van der Waals surface area contributed by atoms with Crippen molar-refractivity contribution in [1.82, 2.24) is 9.55 Å². The highest BCUT2D eigenvalue weighted by Crippen LogP contribution is 2.00. The Morgan fingerprint density at radius 1 is 1.50 bits per heavy atom. The number of ether oxygens (including phenoxy) is 1. The van der Waals surface area contributed by atoms with Crippen LogP contribution in [0.4, 0.5) is 0 Å². The van der Waals surface area contributed by atoms with Crippen LogP contribution in [0.2, 0.25) is 0 Å². The van der Waals surface area contributed by atoms with Crippen molar-refractivity contribution in [2.45, 2.75) is 27.3 Å². The van der Waals surface area contributed by atoms with Gasteiger partial charge in [0, 0.05) is 19.3 Å².